The van der Waals surface area contributed by atoms with E-state index in [0.29, 0.717) is 16.8 Å². The molecule has 1 atom stereocenters. The van der Waals surface area contributed by atoms with Crippen LogP contribution >= 0.6 is 27.3 Å². The van der Waals surface area contributed by atoms with Gasteiger partial charge in [-0.2, -0.15) is 0 Å². The van der Waals surface area contributed by atoms with Crippen LogP contribution in [-0.4, -0.2) is 27.6 Å². The van der Waals surface area contributed by atoms with Gasteiger partial charge in [0.05, 0.1) is 5.01 Å². The van der Waals surface area contributed by atoms with E-state index in [2.05, 4.69) is 31.2 Å². The summed E-state index contributed by atoms with van der Waals surface area (Å²) >= 11 is 4.80. The molecule has 0 aliphatic rings. The molecule has 0 aromatic carbocycles. The second kappa shape index (κ2) is 6.12. The molecule has 100 valence electrons. The van der Waals surface area contributed by atoms with E-state index in [-0.39, 0.29) is 11.5 Å². The number of carbonyl (C=O) groups is 1. The fraction of sp³-hybridized carbons (Fsp3) is 0.250. The Morgan fingerprint density at radius 3 is 3.00 bits per heavy atom. The Kier molecular flexibility index (Phi) is 4.49. The summed E-state index contributed by atoms with van der Waals surface area (Å²) < 4.78 is 0.642. The number of hydrogen-bond donors (Lipinski definition) is 2. The van der Waals surface area contributed by atoms with Crippen molar-refractivity contribution >= 4 is 39.1 Å². The number of nitrogens with zero attached hydrogens (tertiary/aromatic N) is 2. The van der Waals surface area contributed by atoms with Crippen LogP contribution in [0.3, 0.4) is 0 Å². The predicted octanol–water partition coefficient (Wildman–Crippen LogP) is 3.21. The average Bonchev–Trinajstić information content (AvgIpc) is 2.90. The molecule has 2 aromatic rings. The molecule has 0 fully saturated rings. The summed E-state index contributed by atoms with van der Waals surface area (Å²) in [7, 11) is 0. The van der Waals surface area contributed by atoms with Gasteiger partial charge in [0.2, 0.25) is 0 Å². The molecule has 0 spiro atoms. The molecule has 5 nitrogen and oxygen atoms in total. The fourth-order valence-corrected chi connectivity index (χ4v) is 2.59. The summed E-state index contributed by atoms with van der Waals surface area (Å²) in [4.78, 5) is 19.5. The van der Waals surface area contributed by atoms with Gasteiger partial charge >= 0.3 is 5.97 Å². The predicted molar refractivity (Wildman–Crippen MR) is 77.9 cm³/mol. The molecule has 19 heavy (non-hydrogen) atoms. The monoisotopic (exact) mass is 341 g/mol. The van der Waals surface area contributed by atoms with Crippen molar-refractivity contribution in [2.45, 2.75) is 12.8 Å². The Balaban J connectivity index is 2.09. The lowest BCUT2D eigenvalue weighted by Crippen LogP contribution is -2.14. The highest BCUT2D eigenvalue weighted by atomic mass is 79.9. The second-order valence-corrected chi connectivity index (χ2v) is 5.85. The zero-order valence-electron chi connectivity index (χ0n) is 10.1. The molecule has 0 saturated heterocycles. The SMILES string of the molecule is CC(CNc1ncc(Br)cc1C(=O)O)c1nccs1. The van der Waals surface area contributed by atoms with E-state index in [1.807, 2.05) is 12.3 Å². The van der Waals surface area contributed by atoms with E-state index < -0.39 is 5.97 Å². The number of anilines is 1. The molecule has 2 N–H and O–H groups in total. The van der Waals surface area contributed by atoms with Crippen molar-refractivity contribution in [3.8, 4) is 0 Å². The third kappa shape index (κ3) is 3.51. The molecule has 0 amide bonds. The van der Waals surface area contributed by atoms with Crippen molar-refractivity contribution in [3.05, 3.63) is 38.9 Å². The maximum atomic E-state index is 11.1. The Bertz CT molecular complexity index is 574. The van der Waals surface area contributed by atoms with Crippen LogP contribution in [0.5, 0.6) is 0 Å². The number of aromatic nitrogens is 2. The normalized spacial score (nSPS) is 12.1. The Hall–Kier alpha value is -1.47. The van der Waals surface area contributed by atoms with Gasteiger partial charge in [0.1, 0.15) is 11.4 Å². The van der Waals surface area contributed by atoms with Crippen molar-refractivity contribution in [2.75, 3.05) is 11.9 Å². The van der Waals surface area contributed by atoms with Crippen LogP contribution < -0.4 is 5.32 Å². The summed E-state index contributed by atoms with van der Waals surface area (Å²) in [5.74, 6) is -0.426. The lowest BCUT2D eigenvalue weighted by molar-refractivity contribution is 0.0697. The van der Waals surface area contributed by atoms with Gasteiger partial charge in [0.15, 0.2) is 0 Å². The maximum absolute atomic E-state index is 11.1. The van der Waals surface area contributed by atoms with E-state index >= 15 is 0 Å². The minimum Gasteiger partial charge on any atom is -0.478 e. The number of carboxylic acid groups (broad SMARTS) is 1. The molecule has 0 bridgehead atoms. The van der Waals surface area contributed by atoms with Crippen molar-refractivity contribution in [1.29, 1.82) is 0 Å². The van der Waals surface area contributed by atoms with Crippen LogP contribution in [0.15, 0.2) is 28.3 Å². The number of aromatic carboxylic acids is 1. The van der Waals surface area contributed by atoms with Crippen LogP contribution in [0.1, 0.15) is 28.2 Å². The number of hydrogen-bond acceptors (Lipinski definition) is 5. The number of pyridine rings is 1. The minimum absolute atomic E-state index is 0.153. The van der Waals surface area contributed by atoms with Gasteiger partial charge in [0.25, 0.3) is 0 Å². The van der Waals surface area contributed by atoms with Crippen LogP contribution in [0.2, 0.25) is 0 Å². The molecule has 7 heteroatoms. The lowest BCUT2D eigenvalue weighted by atomic mass is 10.2. The molecule has 0 radical (unpaired) electrons. The first-order valence-electron chi connectivity index (χ1n) is 5.60. The first-order valence-corrected chi connectivity index (χ1v) is 7.27. The number of carboxylic acids is 1. The molecule has 2 aromatic heterocycles. The van der Waals surface area contributed by atoms with Crippen LogP contribution in [-0.2, 0) is 0 Å². The minimum atomic E-state index is -1.00. The average molecular weight is 342 g/mol. The Morgan fingerprint density at radius 1 is 1.58 bits per heavy atom. The van der Waals surface area contributed by atoms with E-state index in [9.17, 15) is 4.79 Å². The molecule has 0 aliphatic heterocycles. The Morgan fingerprint density at radius 2 is 2.37 bits per heavy atom. The third-order valence-electron chi connectivity index (χ3n) is 2.53. The van der Waals surface area contributed by atoms with Crippen LogP contribution in [0, 0.1) is 0 Å². The van der Waals surface area contributed by atoms with Gasteiger partial charge in [-0.05, 0) is 22.0 Å². The standard InChI is InChI=1S/C12H12BrN3O2S/c1-7(11-14-2-3-19-11)5-15-10-9(12(17)18)4-8(13)6-16-10/h2-4,6-7H,5H2,1H3,(H,15,16)(H,17,18). The number of rotatable bonds is 5. The quantitative estimate of drug-likeness (QED) is 0.873. The van der Waals surface area contributed by atoms with Crippen molar-refractivity contribution < 1.29 is 9.90 Å². The van der Waals surface area contributed by atoms with Gasteiger partial charge in [-0.25, -0.2) is 14.8 Å². The number of thiazole rings is 1. The van der Waals surface area contributed by atoms with E-state index in [0.717, 1.165) is 5.01 Å². The molecular weight excluding hydrogens is 330 g/mol. The van der Waals surface area contributed by atoms with Gasteiger partial charge in [0, 0.05) is 34.7 Å². The fourth-order valence-electron chi connectivity index (χ4n) is 1.56. The van der Waals surface area contributed by atoms with Crippen LogP contribution in [0.25, 0.3) is 0 Å². The highest BCUT2D eigenvalue weighted by molar-refractivity contribution is 9.10. The maximum Gasteiger partial charge on any atom is 0.339 e. The number of halogens is 1. The molecule has 0 aliphatic carbocycles. The third-order valence-corrected chi connectivity index (χ3v) is 3.97. The summed E-state index contributed by atoms with van der Waals surface area (Å²) in [5.41, 5.74) is 0.153. The summed E-state index contributed by atoms with van der Waals surface area (Å²) in [6, 6.07) is 1.53. The topological polar surface area (TPSA) is 75.1 Å². The summed E-state index contributed by atoms with van der Waals surface area (Å²) in [5, 5.41) is 15.1. The molecule has 1 unspecified atom stereocenters. The van der Waals surface area contributed by atoms with Gasteiger partial charge < -0.3 is 10.4 Å². The zero-order valence-corrected chi connectivity index (χ0v) is 12.5. The first-order chi connectivity index (χ1) is 9.08. The molecule has 2 heterocycles. The van der Waals surface area contributed by atoms with Gasteiger partial charge in [-0.15, -0.1) is 11.3 Å². The van der Waals surface area contributed by atoms with Crippen molar-refractivity contribution in [3.63, 3.8) is 0 Å². The molecule has 0 saturated carbocycles. The largest absolute Gasteiger partial charge is 0.478 e. The molecule has 2 rings (SSSR count). The highest BCUT2D eigenvalue weighted by Gasteiger charge is 2.14. The van der Waals surface area contributed by atoms with Crippen molar-refractivity contribution in [1.82, 2.24) is 9.97 Å². The van der Waals surface area contributed by atoms with E-state index in [1.165, 1.54) is 6.07 Å². The highest BCUT2D eigenvalue weighted by Crippen LogP contribution is 2.21. The second-order valence-electron chi connectivity index (χ2n) is 4.01. The van der Waals surface area contributed by atoms with Gasteiger partial charge in [-0.3, -0.25) is 0 Å². The number of nitrogens with one attached hydrogen (secondary N) is 1. The lowest BCUT2D eigenvalue weighted by Gasteiger charge is -2.12. The first kappa shape index (κ1) is 14.0. The molecular formula is C12H12BrN3O2S. The summed E-state index contributed by atoms with van der Waals surface area (Å²) in [6.07, 6.45) is 3.33. The van der Waals surface area contributed by atoms with Crippen molar-refractivity contribution in [2.24, 2.45) is 0 Å². The van der Waals surface area contributed by atoms with E-state index in [1.54, 1.807) is 23.7 Å². The Labute approximate surface area is 122 Å². The summed E-state index contributed by atoms with van der Waals surface area (Å²) in [6.45, 7) is 2.62. The van der Waals surface area contributed by atoms with Crippen LogP contribution in [0.4, 0.5) is 5.82 Å². The smallest absolute Gasteiger partial charge is 0.339 e. The zero-order chi connectivity index (χ0) is 13.8. The van der Waals surface area contributed by atoms with Gasteiger partial charge in [-0.1, -0.05) is 6.92 Å². The van der Waals surface area contributed by atoms with E-state index in [4.69, 9.17) is 5.11 Å².